The number of amides is 1. The predicted molar refractivity (Wildman–Crippen MR) is 116 cm³/mol. The molecule has 0 aliphatic carbocycles. The molecule has 0 saturated carbocycles. The summed E-state index contributed by atoms with van der Waals surface area (Å²) in [6, 6.07) is 22.1. The van der Waals surface area contributed by atoms with E-state index in [1.54, 1.807) is 24.3 Å². The number of hydrogen-bond acceptors (Lipinski definition) is 4. The molecular formula is C23H17N5O2. The number of aromatic nitrogens is 4. The molecule has 0 unspecified atom stereocenters. The fraction of sp³-hybridized carbons (Fsp3) is 0.0435. The Kier molecular flexibility index (Phi) is 4.14. The summed E-state index contributed by atoms with van der Waals surface area (Å²) in [5.41, 5.74) is 3.06. The Balaban J connectivity index is 1.58. The van der Waals surface area contributed by atoms with E-state index >= 15 is 0 Å². The second-order valence-electron chi connectivity index (χ2n) is 6.93. The van der Waals surface area contributed by atoms with E-state index in [4.69, 9.17) is 0 Å². The van der Waals surface area contributed by atoms with E-state index in [0.717, 1.165) is 16.6 Å². The fourth-order valence-corrected chi connectivity index (χ4v) is 3.53. The van der Waals surface area contributed by atoms with Gasteiger partial charge < -0.3 is 10.3 Å². The Morgan fingerprint density at radius 3 is 2.47 bits per heavy atom. The Labute approximate surface area is 171 Å². The molecule has 0 radical (unpaired) electrons. The minimum Gasteiger partial charge on any atom is -0.338 e. The number of rotatable bonds is 3. The van der Waals surface area contributed by atoms with Crippen LogP contribution < -0.4 is 10.9 Å². The van der Waals surface area contributed by atoms with Crippen LogP contribution in [0, 0.1) is 0 Å². The lowest BCUT2D eigenvalue weighted by atomic mass is 10.1. The van der Waals surface area contributed by atoms with Gasteiger partial charge in [0.15, 0.2) is 5.69 Å². The Hall–Kier alpha value is -4.26. The van der Waals surface area contributed by atoms with Gasteiger partial charge in [0, 0.05) is 18.0 Å². The lowest BCUT2D eigenvalue weighted by molar-refractivity contribution is 0.102. The number of nitrogens with one attached hydrogen (secondary N) is 2. The van der Waals surface area contributed by atoms with Crippen LogP contribution in [0.25, 0.3) is 33.2 Å². The van der Waals surface area contributed by atoms with E-state index in [2.05, 4.69) is 20.4 Å². The molecule has 1 amide bonds. The van der Waals surface area contributed by atoms with E-state index in [1.807, 2.05) is 48.5 Å². The number of para-hydroxylation sites is 3. The van der Waals surface area contributed by atoms with Gasteiger partial charge in [-0.3, -0.25) is 9.59 Å². The van der Waals surface area contributed by atoms with Gasteiger partial charge in [-0.05, 0) is 30.3 Å². The van der Waals surface area contributed by atoms with Gasteiger partial charge in [0.2, 0.25) is 0 Å². The first-order chi connectivity index (χ1) is 14.6. The molecule has 0 bridgehead atoms. The maximum absolute atomic E-state index is 13.1. The highest BCUT2D eigenvalue weighted by Crippen LogP contribution is 2.28. The number of H-pyrrole nitrogens is 1. The number of imidazole rings is 1. The lowest BCUT2D eigenvalue weighted by Gasteiger charge is -2.11. The lowest BCUT2D eigenvalue weighted by Crippen LogP contribution is -2.25. The molecule has 146 valence electrons. The van der Waals surface area contributed by atoms with Crippen LogP contribution in [0.2, 0.25) is 0 Å². The van der Waals surface area contributed by atoms with Crippen LogP contribution >= 0.6 is 0 Å². The van der Waals surface area contributed by atoms with Crippen molar-refractivity contribution in [2.45, 2.75) is 0 Å². The number of anilines is 1. The zero-order valence-electron chi connectivity index (χ0n) is 16.1. The average molecular weight is 395 g/mol. The standard InChI is InChI=1S/C23H17N5O2/c1-28-23(30)15-9-3-2-8-14(15)20(27-28)22(29)26-17-11-5-4-10-16(17)21-24-18-12-6-7-13-19(18)25-21/h2-13H,1H3,(H,24,25)(H,26,29). The first-order valence-electron chi connectivity index (χ1n) is 9.43. The first kappa shape index (κ1) is 17.8. The van der Waals surface area contributed by atoms with Crippen molar-refractivity contribution in [3.8, 4) is 11.4 Å². The molecule has 5 aromatic rings. The van der Waals surface area contributed by atoms with Crippen LogP contribution in [0.1, 0.15) is 10.5 Å². The van der Waals surface area contributed by atoms with Crippen LogP contribution in [0.15, 0.2) is 77.6 Å². The number of carbonyl (C=O) groups is 1. The van der Waals surface area contributed by atoms with Crippen molar-refractivity contribution in [1.82, 2.24) is 19.7 Å². The normalized spacial score (nSPS) is 11.1. The number of nitrogens with zero attached hydrogens (tertiary/aromatic N) is 3. The largest absolute Gasteiger partial charge is 0.338 e. The smallest absolute Gasteiger partial charge is 0.276 e. The van der Waals surface area contributed by atoms with E-state index in [1.165, 1.54) is 11.7 Å². The molecule has 2 N–H and O–H groups in total. The van der Waals surface area contributed by atoms with Gasteiger partial charge >= 0.3 is 0 Å². The molecule has 0 spiro atoms. The van der Waals surface area contributed by atoms with Gasteiger partial charge in [-0.2, -0.15) is 5.10 Å². The number of benzene rings is 3. The van der Waals surface area contributed by atoms with Crippen molar-refractivity contribution in [1.29, 1.82) is 0 Å². The summed E-state index contributed by atoms with van der Waals surface area (Å²) in [5, 5.41) is 8.10. The van der Waals surface area contributed by atoms with Crippen LogP contribution in [0.5, 0.6) is 0 Å². The van der Waals surface area contributed by atoms with Crippen molar-refractivity contribution in [2.75, 3.05) is 5.32 Å². The molecule has 0 aliphatic heterocycles. The molecule has 7 nitrogen and oxygen atoms in total. The molecule has 0 aliphatic rings. The highest BCUT2D eigenvalue weighted by molar-refractivity contribution is 6.12. The number of hydrogen-bond donors (Lipinski definition) is 2. The van der Waals surface area contributed by atoms with Crippen molar-refractivity contribution in [3.05, 3.63) is 88.8 Å². The summed E-state index contributed by atoms with van der Waals surface area (Å²) in [6.07, 6.45) is 0. The monoisotopic (exact) mass is 395 g/mol. The van der Waals surface area contributed by atoms with E-state index in [0.29, 0.717) is 22.3 Å². The number of aryl methyl sites for hydroxylation is 1. The SMILES string of the molecule is Cn1nc(C(=O)Nc2ccccc2-c2nc3ccccc3[nH]2)c2ccccc2c1=O. The van der Waals surface area contributed by atoms with Gasteiger partial charge in [-0.15, -0.1) is 0 Å². The van der Waals surface area contributed by atoms with Crippen molar-refractivity contribution in [3.63, 3.8) is 0 Å². The van der Waals surface area contributed by atoms with Crippen LogP contribution in [-0.4, -0.2) is 25.7 Å². The minimum atomic E-state index is -0.398. The molecule has 0 atom stereocenters. The zero-order chi connectivity index (χ0) is 20.7. The molecule has 0 fully saturated rings. The Morgan fingerprint density at radius 1 is 0.933 bits per heavy atom. The Bertz CT molecular complexity index is 1450. The van der Waals surface area contributed by atoms with Gasteiger partial charge in [-0.25, -0.2) is 9.67 Å². The summed E-state index contributed by atoms with van der Waals surface area (Å²) in [7, 11) is 1.54. The highest BCUT2D eigenvalue weighted by atomic mass is 16.2. The molecule has 5 rings (SSSR count). The molecule has 7 heteroatoms. The Morgan fingerprint density at radius 2 is 1.63 bits per heavy atom. The number of fused-ring (bicyclic) bond motifs is 2. The topological polar surface area (TPSA) is 92.7 Å². The van der Waals surface area contributed by atoms with Crippen molar-refractivity contribution >= 4 is 33.4 Å². The maximum Gasteiger partial charge on any atom is 0.276 e. The second-order valence-corrected chi connectivity index (χ2v) is 6.93. The zero-order valence-corrected chi connectivity index (χ0v) is 16.1. The summed E-state index contributed by atoms with van der Waals surface area (Å²) in [5.74, 6) is 0.260. The van der Waals surface area contributed by atoms with E-state index in [9.17, 15) is 9.59 Å². The first-order valence-corrected chi connectivity index (χ1v) is 9.43. The quantitative estimate of drug-likeness (QED) is 0.487. The maximum atomic E-state index is 13.1. The minimum absolute atomic E-state index is 0.187. The van der Waals surface area contributed by atoms with E-state index < -0.39 is 5.91 Å². The van der Waals surface area contributed by atoms with Crippen molar-refractivity contribution < 1.29 is 4.79 Å². The third-order valence-electron chi connectivity index (χ3n) is 4.99. The predicted octanol–water partition coefficient (Wildman–Crippen LogP) is 3.73. The van der Waals surface area contributed by atoms with E-state index in [-0.39, 0.29) is 11.3 Å². The molecular weight excluding hydrogens is 378 g/mol. The third-order valence-corrected chi connectivity index (χ3v) is 4.99. The number of aromatic amines is 1. The third kappa shape index (κ3) is 2.93. The fourth-order valence-electron chi connectivity index (χ4n) is 3.53. The summed E-state index contributed by atoms with van der Waals surface area (Å²) in [4.78, 5) is 33.4. The van der Waals surface area contributed by atoms with Crippen LogP contribution in [0.3, 0.4) is 0 Å². The molecule has 30 heavy (non-hydrogen) atoms. The summed E-state index contributed by atoms with van der Waals surface area (Å²) in [6.45, 7) is 0. The summed E-state index contributed by atoms with van der Waals surface area (Å²) >= 11 is 0. The van der Waals surface area contributed by atoms with Crippen LogP contribution in [-0.2, 0) is 7.05 Å². The average Bonchev–Trinajstić information content (AvgIpc) is 3.20. The van der Waals surface area contributed by atoms with Crippen LogP contribution in [0.4, 0.5) is 5.69 Å². The van der Waals surface area contributed by atoms with Crippen molar-refractivity contribution in [2.24, 2.45) is 7.05 Å². The van der Waals surface area contributed by atoms with Gasteiger partial charge in [0.25, 0.3) is 11.5 Å². The van der Waals surface area contributed by atoms with Gasteiger partial charge in [0.1, 0.15) is 5.82 Å². The molecule has 0 saturated heterocycles. The second kappa shape index (κ2) is 6.97. The summed E-state index contributed by atoms with van der Waals surface area (Å²) < 4.78 is 1.18. The van der Waals surface area contributed by atoms with Gasteiger partial charge in [0.05, 0.1) is 22.1 Å². The highest BCUT2D eigenvalue weighted by Gasteiger charge is 2.18. The van der Waals surface area contributed by atoms with Gasteiger partial charge in [-0.1, -0.05) is 42.5 Å². The molecule has 3 aromatic carbocycles. The molecule has 2 heterocycles. The number of carbonyl (C=O) groups excluding carboxylic acids is 1. The molecule has 2 aromatic heterocycles.